The minimum atomic E-state index is -1.02. The number of nitrogens with two attached hydrogens (primary N) is 1. The molecule has 0 saturated carbocycles. The fourth-order valence-electron chi connectivity index (χ4n) is 5.21. The molecule has 0 bridgehead atoms. The fraction of sp³-hybridized carbons (Fsp3) is 0.639. The van der Waals surface area contributed by atoms with E-state index < -0.39 is 41.6 Å². The maximum absolute atomic E-state index is 13.4. The topological polar surface area (TPSA) is 248 Å². The maximum atomic E-state index is 13.4. The van der Waals surface area contributed by atoms with Crippen LogP contribution in [0, 0.1) is 5.92 Å². The molecule has 0 aliphatic carbocycles. The molecule has 3 atom stereocenters. The number of ether oxygens (including phenoxy) is 2. The molecule has 1 saturated heterocycles. The molecule has 1 aliphatic heterocycles. The van der Waals surface area contributed by atoms with Gasteiger partial charge in [0.2, 0.25) is 29.5 Å². The van der Waals surface area contributed by atoms with Crippen molar-refractivity contribution in [3.05, 3.63) is 29.8 Å². The van der Waals surface area contributed by atoms with Gasteiger partial charge in [0.1, 0.15) is 18.7 Å². The Kier molecular flexibility index (Phi) is 20.2. The van der Waals surface area contributed by atoms with Crippen LogP contribution in [-0.4, -0.2) is 106 Å². The van der Waals surface area contributed by atoms with Crippen molar-refractivity contribution in [2.24, 2.45) is 11.7 Å². The number of primary amides is 1. The molecule has 1 heterocycles. The van der Waals surface area contributed by atoms with Crippen LogP contribution in [0.1, 0.15) is 84.6 Å². The second-order valence-electron chi connectivity index (χ2n) is 14.0. The standard InChI is InChI=1S/C36H56IN7O10/c1-23(2)30(43-28(46)11-6-5-7-18-44-29(47)20-26(37)33(44)50)32(49)42-27(10-8-16-39-34(38)51)31(48)41-25-14-12-24(13-15-25)21-53-35(52)40-17-9-19-54-36(3,4)22-45/h12-15,23,26-27,30,45H,5-11,16-22H2,1-4H3,(H,40,52)(H,41,48)(H,42,49)(H,43,46)(H3,38,39,51)/t26?,27-,30-/m0/s1. The number of hydrogen-bond acceptors (Lipinski definition) is 10. The summed E-state index contributed by atoms with van der Waals surface area (Å²) in [6, 6.07) is 3.93. The number of alkyl halides is 1. The lowest BCUT2D eigenvalue weighted by molar-refractivity contribution is -0.138. The number of nitrogens with zero attached hydrogens (tertiary/aromatic N) is 1. The Labute approximate surface area is 330 Å². The molecule has 17 nitrogen and oxygen atoms in total. The Bertz CT molecular complexity index is 1430. The van der Waals surface area contributed by atoms with Crippen LogP contribution in [0.5, 0.6) is 0 Å². The zero-order chi connectivity index (χ0) is 40.3. The van der Waals surface area contributed by atoms with Crippen LogP contribution in [0.4, 0.5) is 15.3 Å². The molecular weight excluding hydrogens is 817 g/mol. The van der Waals surface area contributed by atoms with E-state index in [1.165, 1.54) is 4.90 Å². The maximum Gasteiger partial charge on any atom is 0.407 e. The summed E-state index contributed by atoms with van der Waals surface area (Å²) in [5, 5.41) is 22.6. The third kappa shape index (κ3) is 17.4. The van der Waals surface area contributed by atoms with Gasteiger partial charge in [-0.3, -0.25) is 28.9 Å². The smallest absolute Gasteiger partial charge is 0.407 e. The normalized spacial score (nSPS) is 15.4. The molecule has 54 heavy (non-hydrogen) atoms. The molecule has 18 heteroatoms. The second kappa shape index (κ2) is 23.7. The number of unbranched alkanes of at least 4 members (excludes halogenated alkanes) is 2. The van der Waals surface area contributed by atoms with Crippen LogP contribution in [-0.2, 0) is 40.1 Å². The van der Waals surface area contributed by atoms with E-state index in [0.717, 1.165) is 0 Å². The van der Waals surface area contributed by atoms with Crippen LogP contribution in [0.3, 0.4) is 0 Å². The first-order valence-corrected chi connectivity index (χ1v) is 19.4. The molecule has 0 aromatic heterocycles. The van der Waals surface area contributed by atoms with Crippen molar-refractivity contribution in [2.75, 3.05) is 38.2 Å². The quantitative estimate of drug-likeness (QED) is 0.0346. The van der Waals surface area contributed by atoms with E-state index in [4.69, 9.17) is 15.2 Å². The van der Waals surface area contributed by atoms with E-state index >= 15 is 0 Å². The number of anilines is 1. The molecule has 1 aliphatic rings. The number of rotatable bonds is 24. The summed E-state index contributed by atoms with van der Waals surface area (Å²) in [5.74, 6) is -2.08. The molecular formula is C36H56IN7O10. The number of aliphatic hydroxyl groups is 1. The zero-order valence-corrected chi connectivity index (χ0v) is 33.7. The molecule has 1 unspecified atom stereocenters. The van der Waals surface area contributed by atoms with E-state index in [0.29, 0.717) is 63.1 Å². The number of likely N-dealkylation sites (tertiary alicyclic amines) is 1. The number of carbonyl (C=O) groups is 7. The zero-order valence-electron chi connectivity index (χ0n) is 31.5. The average Bonchev–Trinajstić information content (AvgIpc) is 3.36. The lowest BCUT2D eigenvalue weighted by atomic mass is 10.0. The summed E-state index contributed by atoms with van der Waals surface area (Å²) >= 11 is 1.96. The van der Waals surface area contributed by atoms with Gasteiger partial charge in [0.15, 0.2) is 0 Å². The highest BCUT2D eigenvalue weighted by molar-refractivity contribution is 14.1. The first-order chi connectivity index (χ1) is 25.5. The van der Waals surface area contributed by atoms with Gasteiger partial charge < -0.3 is 46.9 Å². The van der Waals surface area contributed by atoms with Crippen molar-refractivity contribution < 1.29 is 48.1 Å². The Morgan fingerprint density at radius 3 is 2.26 bits per heavy atom. The summed E-state index contributed by atoms with van der Waals surface area (Å²) in [4.78, 5) is 88.2. The number of imide groups is 1. The van der Waals surface area contributed by atoms with E-state index in [9.17, 15) is 38.7 Å². The minimum Gasteiger partial charge on any atom is -0.445 e. The van der Waals surface area contributed by atoms with Gasteiger partial charge in [0.25, 0.3) is 0 Å². The van der Waals surface area contributed by atoms with Gasteiger partial charge in [-0.15, -0.1) is 0 Å². The molecule has 2 rings (SSSR count). The highest BCUT2D eigenvalue weighted by atomic mass is 127. The van der Waals surface area contributed by atoms with E-state index in [2.05, 4.69) is 26.6 Å². The summed E-state index contributed by atoms with van der Waals surface area (Å²) in [7, 11) is 0. The highest BCUT2D eigenvalue weighted by Crippen LogP contribution is 2.21. The van der Waals surface area contributed by atoms with Gasteiger partial charge in [-0.2, -0.15) is 0 Å². The fourth-order valence-corrected chi connectivity index (χ4v) is 5.92. The van der Waals surface area contributed by atoms with Gasteiger partial charge >= 0.3 is 12.1 Å². The van der Waals surface area contributed by atoms with Crippen molar-refractivity contribution in [1.29, 1.82) is 0 Å². The van der Waals surface area contributed by atoms with Crippen molar-refractivity contribution in [1.82, 2.24) is 26.2 Å². The Hall–Kier alpha value is -4.04. The molecule has 0 radical (unpaired) electrons. The van der Waals surface area contributed by atoms with Gasteiger partial charge in [-0.05, 0) is 69.6 Å². The highest BCUT2D eigenvalue weighted by Gasteiger charge is 2.36. The number of nitrogens with one attached hydrogen (secondary N) is 5. The number of hydrogen-bond donors (Lipinski definition) is 7. The van der Waals surface area contributed by atoms with Crippen LogP contribution in [0.15, 0.2) is 24.3 Å². The van der Waals surface area contributed by atoms with Crippen molar-refractivity contribution in [3.63, 3.8) is 0 Å². The molecule has 8 N–H and O–H groups in total. The summed E-state index contributed by atoms with van der Waals surface area (Å²) in [6.45, 7) is 8.13. The van der Waals surface area contributed by atoms with E-state index in [-0.39, 0.29) is 66.6 Å². The summed E-state index contributed by atoms with van der Waals surface area (Å²) in [6.07, 6.45) is 2.45. The third-order valence-corrected chi connectivity index (χ3v) is 9.37. The van der Waals surface area contributed by atoms with Crippen molar-refractivity contribution >= 4 is 69.9 Å². The Morgan fingerprint density at radius 1 is 0.963 bits per heavy atom. The molecule has 302 valence electrons. The largest absolute Gasteiger partial charge is 0.445 e. The number of benzene rings is 1. The van der Waals surface area contributed by atoms with Crippen molar-refractivity contribution in [3.8, 4) is 0 Å². The Balaban J connectivity index is 1.88. The second-order valence-corrected chi connectivity index (χ2v) is 15.5. The molecule has 1 aromatic rings. The first-order valence-electron chi connectivity index (χ1n) is 18.2. The monoisotopic (exact) mass is 873 g/mol. The van der Waals surface area contributed by atoms with Crippen molar-refractivity contribution in [2.45, 2.75) is 107 Å². The average molecular weight is 874 g/mol. The molecule has 1 aromatic carbocycles. The number of urea groups is 1. The molecule has 1 fully saturated rings. The number of alkyl carbamates (subject to hydrolysis) is 1. The number of aliphatic hydroxyl groups excluding tert-OH is 1. The third-order valence-electron chi connectivity index (χ3n) is 8.40. The van der Waals surface area contributed by atoms with E-state index in [1.807, 2.05) is 22.6 Å². The molecule has 0 spiro atoms. The van der Waals surface area contributed by atoms with Crippen LogP contribution >= 0.6 is 22.6 Å². The van der Waals surface area contributed by atoms with Gasteiger partial charge in [-0.25, -0.2) is 9.59 Å². The van der Waals surface area contributed by atoms with Crippen LogP contribution < -0.4 is 32.3 Å². The summed E-state index contributed by atoms with van der Waals surface area (Å²) in [5.41, 5.74) is 5.60. The number of amides is 8. The van der Waals surface area contributed by atoms with Gasteiger partial charge in [-0.1, -0.05) is 55.0 Å². The predicted molar refractivity (Wildman–Crippen MR) is 208 cm³/mol. The van der Waals surface area contributed by atoms with Gasteiger partial charge in [0, 0.05) is 44.8 Å². The minimum absolute atomic E-state index is 0.0122. The lowest BCUT2D eigenvalue weighted by Gasteiger charge is -2.25. The summed E-state index contributed by atoms with van der Waals surface area (Å²) < 4.78 is 10.4. The lowest BCUT2D eigenvalue weighted by Crippen LogP contribution is -2.54. The predicted octanol–water partition coefficient (Wildman–Crippen LogP) is 2.23. The van der Waals surface area contributed by atoms with Crippen LogP contribution in [0.2, 0.25) is 0 Å². The number of halogens is 1. The Morgan fingerprint density at radius 2 is 1.65 bits per heavy atom. The van der Waals surface area contributed by atoms with E-state index in [1.54, 1.807) is 52.0 Å². The molecule has 8 amide bonds. The first kappa shape index (κ1) is 46.1. The SMILES string of the molecule is CC(C)[C@H](NC(=O)CCCCCN1C(=O)CC(I)C1=O)C(=O)N[C@@H](CCCNC(N)=O)C(=O)Nc1ccc(COC(=O)NCCCOC(C)(C)CO)cc1. The van der Waals surface area contributed by atoms with Gasteiger partial charge in [0.05, 0.1) is 16.1 Å². The number of carbonyl (C=O) groups excluding carboxylic acids is 7. The van der Waals surface area contributed by atoms with Crippen LogP contribution in [0.25, 0.3) is 0 Å².